The van der Waals surface area contributed by atoms with Crippen LogP contribution in [0.1, 0.15) is 38.7 Å². The molecule has 1 aromatic rings. The largest absolute Gasteiger partial charge is 0.333 e. The van der Waals surface area contributed by atoms with Crippen molar-refractivity contribution >= 4 is 23.5 Å². The van der Waals surface area contributed by atoms with Crippen molar-refractivity contribution in [1.82, 2.24) is 16.2 Å². The number of halogens is 1. The van der Waals surface area contributed by atoms with Crippen molar-refractivity contribution in [2.24, 2.45) is 11.7 Å². The molecule has 6 nitrogen and oxygen atoms in total. The lowest BCUT2D eigenvalue weighted by molar-refractivity contribution is -0.123. The lowest BCUT2D eigenvalue weighted by atomic mass is 10.0. The second kappa shape index (κ2) is 10.1. The third-order valence-electron chi connectivity index (χ3n) is 3.33. The number of nitrogens with one attached hydrogen (secondary N) is 3. The van der Waals surface area contributed by atoms with Crippen LogP contribution in [0.4, 0.5) is 4.79 Å². The molecule has 0 saturated heterocycles. The van der Waals surface area contributed by atoms with Crippen molar-refractivity contribution < 1.29 is 9.59 Å². The van der Waals surface area contributed by atoms with E-state index in [1.165, 1.54) is 0 Å². The van der Waals surface area contributed by atoms with Gasteiger partial charge < -0.3 is 11.1 Å². The number of hydrogen-bond acceptors (Lipinski definition) is 3. The molecule has 0 fully saturated rings. The highest BCUT2D eigenvalue weighted by Gasteiger charge is 2.14. The molecule has 5 N–H and O–H groups in total. The summed E-state index contributed by atoms with van der Waals surface area (Å²) in [5, 5.41) is 3.18. The third kappa shape index (κ3) is 7.85. The van der Waals surface area contributed by atoms with E-state index in [1.54, 1.807) is 6.07 Å². The minimum absolute atomic E-state index is 0.266. The topological polar surface area (TPSA) is 96.2 Å². The van der Waals surface area contributed by atoms with Gasteiger partial charge in [0, 0.05) is 11.6 Å². The molecule has 0 aliphatic carbocycles. The van der Waals surface area contributed by atoms with E-state index in [4.69, 9.17) is 17.3 Å². The Bertz CT molecular complexity index is 523. The summed E-state index contributed by atoms with van der Waals surface area (Å²) in [5.74, 6) is 0.181. The zero-order chi connectivity index (χ0) is 17.2. The molecule has 128 valence electrons. The summed E-state index contributed by atoms with van der Waals surface area (Å²) >= 11 is 5.99. The van der Waals surface area contributed by atoms with Gasteiger partial charge in [-0.25, -0.2) is 10.2 Å². The Hall–Kier alpha value is -1.79. The van der Waals surface area contributed by atoms with Crippen LogP contribution in [0.25, 0.3) is 0 Å². The van der Waals surface area contributed by atoms with Gasteiger partial charge in [0.1, 0.15) is 0 Å². The van der Waals surface area contributed by atoms with Gasteiger partial charge in [-0.15, -0.1) is 0 Å². The van der Waals surface area contributed by atoms with Crippen LogP contribution < -0.4 is 21.9 Å². The molecule has 0 saturated carbocycles. The minimum atomic E-state index is -0.627. The highest BCUT2D eigenvalue weighted by molar-refractivity contribution is 6.31. The van der Waals surface area contributed by atoms with E-state index in [0.717, 1.165) is 18.4 Å². The average Bonchev–Trinajstić information content (AvgIpc) is 2.51. The monoisotopic (exact) mass is 340 g/mol. The maximum atomic E-state index is 11.8. The molecule has 23 heavy (non-hydrogen) atoms. The van der Waals surface area contributed by atoms with Crippen LogP contribution >= 0.6 is 11.6 Å². The Morgan fingerprint density at radius 3 is 2.52 bits per heavy atom. The molecule has 0 bridgehead atoms. The van der Waals surface area contributed by atoms with Gasteiger partial charge in [-0.1, -0.05) is 56.5 Å². The fourth-order valence-electron chi connectivity index (χ4n) is 1.95. The summed E-state index contributed by atoms with van der Waals surface area (Å²) in [7, 11) is 0. The van der Waals surface area contributed by atoms with Crippen LogP contribution in [-0.4, -0.2) is 18.0 Å². The Labute approximate surface area is 142 Å². The second-order valence-electron chi connectivity index (χ2n) is 5.82. The van der Waals surface area contributed by atoms with E-state index in [1.807, 2.05) is 18.2 Å². The van der Waals surface area contributed by atoms with Gasteiger partial charge in [0.25, 0.3) is 5.91 Å². The van der Waals surface area contributed by atoms with E-state index in [2.05, 4.69) is 30.0 Å². The molecule has 1 aromatic carbocycles. The first kappa shape index (κ1) is 19.3. The molecule has 3 amide bonds. The van der Waals surface area contributed by atoms with E-state index in [-0.39, 0.29) is 6.54 Å². The molecule has 0 spiro atoms. The van der Waals surface area contributed by atoms with Gasteiger partial charge in [-0.05, 0) is 24.0 Å². The molecule has 7 heteroatoms. The molecule has 0 aliphatic heterocycles. The summed E-state index contributed by atoms with van der Waals surface area (Å²) < 4.78 is 0. The Morgan fingerprint density at radius 2 is 1.87 bits per heavy atom. The molecule has 0 aliphatic rings. The third-order valence-corrected chi connectivity index (χ3v) is 3.70. The van der Waals surface area contributed by atoms with Crippen LogP contribution in [0.15, 0.2) is 24.3 Å². The number of benzene rings is 1. The first-order valence-corrected chi connectivity index (χ1v) is 8.10. The smallest absolute Gasteiger partial charge is 0.333 e. The predicted molar refractivity (Wildman–Crippen MR) is 91.6 cm³/mol. The van der Waals surface area contributed by atoms with Crippen molar-refractivity contribution in [3.63, 3.8) is 0 Å². The number of carbonyl (C=O) groups excluding carboxylic acids is 2. The summed E-state index contributed by atoms with van der Waals surface area (Å²) in [4.78, 5) is 23.4. The van der Waals surface area contributed by atoms with E-state index < -0.39 is 18.0 Å². The van der Waals surface area contributed by atoms with Crippen LogP contribution in [-0.2, 0) is 11.3 Å². The zero-order valence-electron chi connectivity index (χ0n) is 13.6. The lowest BCUT2D eigenvalue weighted by Crippen LogP contribution is -2.51. The van der Waals surface area contributed by atoms with Gasteiger partial charge in [0.15, 0.2) is 0 Å². The van der Waals surface area contributed by atoms with Crippen molar-refractivity contribution in [1.29, 1.82) is 0 Å². The predicted octanol–water partition coefficient (Wildman–Crippen LogP) is 2.32. The van der Waals surface area contributed by atoms with Crippen molar-refractivity contribution in [3.05, 3.63) is 34.9 Å². The maximum Gasteiger partial charge on any atom is 0.333 e. The first-order valence-electron chi connectivity index (χ1n) is 7.72. The fourth-order valence-corrected chi connectivity index (χ4v) is 2.15. The molecular formula is C16H25ClN4O2. The summed E-state index contributed by atoms with van der Waals surface area (Å²) in [6, 6.07) is 6.05. The first-order chi connectivity index (χ1) is 10.9. The number of carbonyl (C=O) groups is 2. The van der Waals surface area contributed by atoms with Crippen LogP contribution in [0.5, 0.6) is 0 Å². The van der Waals surface area contributed by atoms with E-state index in [9.17, 15) is 9.59 Å². The van der Waals surface area contributed by atoms with Crippen LogP contribution in [0.3, 0.4) is 0 Å². The summed E-state index contributed by atoms with van der Waals surface area (Å²) in [6.45, 7) is 4.51. The zero-order valence-corrected chi connectivity index (χ0v) is 14.3. The van der Waals surface area contributed by atoms with Crippen molar-refractivity contribution in [2.75, 3.05) is 0 Å². The summed E-state index contributed by atoms with van der Waals surface area (Å²) in [6.07, 6.45) is 2.49. The number of nitrogens with two attached hydrogens (primary N) is 1. The highest BCUT2D eigenvalue weighted by Crippen LogP contribution is 2.14. The van der Waals surface area contributed by atoms with Gasteiger partial charge in [0.2, 0.25) is 0 Å². The van der Waals surface area contributed by atoms with Gasteiger partial charge in [0.05, 0.1) is 6.04 Å². The Kier molecular flexibility index (Phi) is 8.43. The number of amides is 3. The fraction of sp³-hybridized carbons (Fsp3) is 0.500. The van der Waals surface area contributed by atoms with E-state index >= 15 is 0 Å². The number of hydrazine groups is 1. The normalized spacial score (nSPS) is 11.9. The molecule has 1 unspecified atom stereocenters. The molecule has 1 rings (SSSR count). The van der Waals surface area contributed by atoms with Gasteiger partial charge >= 0.3 is 6.03 Å². The van der Waals surface area contributed by atoms with Crippen LogP contribution in [0, 0.1) is 5.92 Å². The van der Waals surface area contributed by atoms with Crippen LogP contribution in [0.2, 0.25) is 5.02 Å². The molecule has 0 radical (unpaired) electrons. The quantitative estimate of drug-likeness (QED) is 0.573. The van der Waals surface area contributed by atoms with Gasteiger partial charge in [-0.2, -0.15) is 0 Å². The standard InChI is InChI=1S/C16H25ClN4O2/c1-11(2)6-5-9-14(18)15(22)20-21-16(23)19-10-12-7-3-4-8-13(12)17/h3-4,7-8,11,14H,5-6,9-10,18H2,1-2H3,(H,20,22)(H2,19,21,23). The molecule has 0 heterocycles. The molecule has 1 atom stereocenters. The Morgan fingerprint density at radius 1 is 1.17 bits per heavy atom. The molecule has 0 aromatic heterocycles. The molecular weight excluding hydrogens is 316 g/mol. The van der Waals surface area contributed by atoms with Crippen molar-refractivity contribution in [2.45, 2.75) is 45.7 Å². The minimum Gasteiger partial charge on any atom is -0.333 e. The van der Waals surface area contributed by atoms with Gasteiger partial charge in [-0.3, -0.25) is 10.2 Å². The highest BCUT2D eigenvalue weighted by atomic mass is 35.5. The second-order valence-corrected chi connectivity index (χ2v) is 6.23. The van der Waals surface area contributed by atoms with Crippen molar-refractivity contribution in [3.8, 4) is 0 Å². The number of urea groups is 1. The Balaban J connectivity index is 2.24. The van der Waals surface area contributed by atoms with E-state index in [0.29, 0.717) is 17.4 Å². The number of rotatable bonds is 7. The summed E-state index contributed by atoms with van der Waals surface area (Å²) in [5.41, 5.74) is 11.2. The lowest BCUT2D eigenvalue weighted by Gasteiger charge is -2.14. The SMILES string of the molecule is CC(C)CCCC(N)C(=O)NNC(=O)NCc1ccccc1Cl. The number of hydrogen-bond donors (Lipinski definition) is 4. The average molecular weight is 341 g/mol. The maximum absolute atomic E-state index is 11.8.